The molecule has 0 N–H and O–H groups in total. The molecule has 0 spiro atoms. The molecule has 32 heavy (non-hydrogen) atoms. The van der Waals surface area contributed by atoms with Gasteiger partial charge in [0, 0.05) is 35.3 Å². The second-order valence-corrected chi connectivity index (χ2v) is 7.35. The number of rotatable bonds is 4. The van der Waals surface area contributed by atoms with Crippen LogP contribution in [0.2, 0.25) is 0 Å². The van der Waals surface area contributed by atoms with Crippen molar-refractivity contribution in [2.24, 2.45) is 0 Å². The van der Waals surface area contributed by atoms with Gasteiger partial charge in [-0.3, -0.25) is 4.79 Å². The van der Waals surface area contributed by atoms with E-state index in [4.69, 9.17) is 9.47 Å². The van der Waals surface area contributed by atoms with Gasteiger partial charge in [0.1, 0.15) is 17.3 Å². The van der Waals surface area contributed by atoms with E-state index in [1.165, 1.54) is 36.4 Å². The summed E-state index contributed by atoms with van der Waals surface area (Å²) in [5.41, 5.74) is 2.16. The van der Waals surface area contributed by atoms with Crippen LogP contribution in [-0.4, -0.2) is 16.3 Å². The minimum Gasteiger partial charge on any atom is -0.452 e. The van der Waals surface area contributed by atoms with Crippen LogP contribution in [0, 0.1) is 5.82 Å². The number of aromatic nitrogens is 1. The van der Waals surface area contributed by atoms with Gasteiger partial charge in [-0.25, -0.2) is 9.18 Å². The van der Waals surface area contributed by atoms with Gasteiger partial charge in [0.15, 0.2) is 5.76 Å². The molecule has 1 aromatic heterocycles. The van der Waals surface area contributed by atoms with Crippen LogP contribution in [0.25, 0.3) is 17.0 Å². The molecule has 0 fully saturated rings. The van der Waals surface area contributed by atoms with Crippen molar-refractivity contribution in [2.75, 3.05) is 0 Å². The number of hydrogen-bond donors (Lipinski definition) is 0. The number of esters is 1. The Morgan fingerprint density at radius 2 is 1.88 bits per heavy atom. The van der Waals surface area contributed by atoms with Gasteiger partial charge in [-0.15, -0.1) is 0 Å². The lowest BCUT2D eigenvalue weighted by atomic mass is 10.1. The van der Waals surface area contributed by atoms with E-state index in [1.807, 2.05) is 30.5 Å². The molecule has 2 heterocycles. The summed E-state index contributed by atoms with van der Waals surface area (Å²) in [5.74, 6) is -1.10. The van der Waals surface area contributed by atoms with Crippen LogP contribution in [0.1, 0.15) is 33.2 Å². The lowest BCUT2D eigenvalue weighted by Crippen LogP contribution is -2.10. The first-order valence-electron chi connectivity index (χ1n) is 10.2. The number of hydrogen-bond acceptors (Lipinski definition) is 4. The van der Waals surface area contributed by atoms with Crippen molar-refractivity contribution in [2.45, 2.75) is 13.5 Å². The number of aryl methyl sites for hydroxylation is 1. The molecule has 0 saturated carbocycles. The van der Waals surface area contributed by atoms with Gasteiger partial charge in [0.2, 0.25) is 5.78 Å². The number of halogens is 1. The van der Waals surface area contributed by atoms with Crippen LogP contribution in [0.3, 0.4) is 0 Å². The van der Waals surface area contributed by atoms with E-state index >= 15 is 0 Å². The first-order valence-corrected chi connectivity index (χ1v) is 10.2. The Kier molecular flexibility index (Phi) is 4.82. The zero-order chi connectivity index (χ0) is 22.2. The number of benzene rings is 3. The molecule has 6 heteroatoms. The molecule has 158 valence electrons. The third-order valence-corrected chi connectivity index (χ3v) is 5.39. The second-order valence-electron chi connectivity index (χ2n) is 7.35. The van der Waals surface area contributed by atoms with E-state index in [9.17, 15) is 14.0 Å². The molecule has 0 amide bonds. The number of Topliss-reactive ketones (excluding diaryl/α,β-unsaturated/α-hetero) is 1. The molecule has 5 rings (SSSR count). The molecule has 4 aromatic rings. The molecule has 0 bridgehead atoms. The summed E-state index contributed by atoms with van der Waals surface area (Å²) in [5, 5.41) is 1.02. The summed E-state index contributed by atoms with van der Waals surface area (Å²) in [6.07, 6.45) is 3.71. The Balaban J connectivity index is 1.43. The molecule has 0 saturated heterocycles. The molecule has 0 atom stereocenters. The number of ketones is 1. The predicted octanol–water partition coefficient (Wildman–Crippen LogP) is 5.64. The summed E-state index contributed by atoms with van der Waals surface area (Å²) in [6.45, 7) is 2.86. The maximum absolute atomic E-state index is 13.8. The van der Waals surface area contributed by atoms with Gasteiger partial charge in [0.05, 0.1) is 11.1 Å². The summed E-state index contributed by atoms with van der Waals surface area (Å²) in [4.78, 5) is 25.1. The Morgan fingerprint density at radius 3 is 2.69 bits per heavy atom. The zero-order valence-corrected chi connectivity index (χ0v) is 17.2. The van der Waals surface area contributed by atoms with Crippen molar-refractivity contribution in [1.29, 1.82) is 0 Å². The van der Waals surface area contributed by atoms with Gasteiger partial charge in [-0.1, -0.05) is 30.3 Å². The number of allylic oxidation sites excluding steroid dienone is 1. The van der Waals surface area contributed by atoms with Crippen LogP contribution in [0.15, 0.2) is 78.7 Å². The lowest BCUT2D eigenvalue weighted by molar-refractivity contribution is 0.0729. The monoisotopic (exact) mass is 427 g/mol. The third kappa shape index (κ3) is 3.36. The normalized spacial score (nSPS) is 13.9. The highest BCUT2D eigenvalue weighted by molar-refractivity contribution is 6.15. The summed E-state index contributed by atoms with van der Waals surface area (Å²) in [7, 11) is 0. The van der Waals surface area contributed by atoms with Gasteiger partial charge in [-0.2, -0.15) is 0 Å². The number of fused-ring (bicyclic) bond motifs is 2. The van der Waals surface area contributed by atoms with Gasteiger partial charge < -0.3 is 14.0 Å². The Bertz CT molecular complexity index is 1420. The zero-order valence-electron chi connectivity index (χ0n) is 17.2. The summed E-state index contributed by atoms with van der Waals surface area (Å²) in [6, 6.07) is 18.0. The average Bonchev–Trinajstić information content (AvgIpc) is 3.31. The van der Waals surface area contributed by atoms with Crippen molar-refractivity contribution >= 4 is 28.7 Å². The van der Waals surface area contributed by atoms with Gasteiger partial charge >= 0.3 is 5.97 Å². The fourth-order valence-corrected chi connectivity index (χ4v) is 3.81. The number of carbonyl (C=O) groups is 2. The van der Waals surface area contributed by atoms with Crippen LogP contribution in [-0.2, 0) is 6.54 Å². The van der Waals surface area contributed by atoms with Crippen molar-refractivity contribution in [3.05, 3.63) is 101 Å². The van der Waals surface area contributed by atoms with E-state index < -0.39 is 11.8 Å². The summed E-state index contributed by atoms with van der Waals surface area (Å²) < 4.78 is 27.0. The second kappa shape index (κ2) is 7.81. The third-order valence-electron chi connectivity index (χ3n) is 5.39. The highest BCUT2D eigenvalue weighted by Gasteiger charge is 2.28. The molecule has 0 unspecified atom stereocenters. The highest BCUT2D eigenvalue weighted by Crippen LogP contribution is 2.36. The van der Waals surface area contributed by atoms with Gasteiger partial charge in [-0.05, 0) is 43.3 Å². The molecular weight excluding hydrogens is 409 g/mol. The standard InChI is InChI=1S/C26H18FNO4/c1-2-28-15-16(18-7-4-6-10-22(18)28)13-24-25(29)20-12-11-17(14-23(20)32-24)31-26(30)19-8-3-5-9-21(19)27/h3-15H,2H2,1H3. The maximum Gasteiger partial charge on any atom is 0.346 e. The first-order chi connectivity index (χ1) is 15.5. The van der Waals surface area contributed by atoms with E-state index in [0.29, 0.717) is 11.3 Å². The number of nitrogens with zero attached hydrogens (tertiary/aromatic N) is 1. The minimum absolute atomic E-state index is 0.161. The van der Waals surface area contributed by atoms with Crippen LogP contribution < -0.4 is 9.47 Å². The smallest absolute Gasteiger partial charge is 0.346 e. The maximum atomic E-state index is 13.8. The highest BCUT2D eigenvalue weighted by atomic mass is 19.1. The molecule has 5 nitrogen and oxygen atoms in total. The first kappa shape index (κ1) is 19.8. The molecule has 1 aliphatic heterocycles. The van der Waals surface area contributed by atoms with Crippen molar-refractivity contribution < 1.29 is 23.5 Å². The van der Waals surface area contributed by atoms with E-state index in [1.54, 1.807) is 12.1 Å². The molecule has 0 aliphatic carbocycles. The number of ether oxygens (including phenoxy) is 2. The Labute approximate surface area is 183 Å². The SMILES string of the molecule is CCn1cc(C=C2Oc3cc(OC(=O)c4ccccc4F)ccc3C2=O)c2ccccc21. The fourth-order valence-electron chi connectivity index (χ4n) is 3.81. The minimum atomic E-state index is -0.824. The number of carbonyl (C=O) groups excluding carboxylic acids is 2. The van der Waals surface area contributed by atoms with Crippen LogP contribution in [0.4, 0.5) is 4.39 Å². The van der Waals surface area contributed by atoms with Gasteiger partial charge in [0.25, 0.3) is 0 Å². The molecular formula is C26H18FNO4. The predicted molar refractivity (Wildman–Crippen MR) is 118 cm³/mol. The topological polar surface area (TPSA) is 57.5 Å². The number of para-hydroxylation sites is 1. The fraction of sp³-hybridized carbons (Fsp3) is 0.0769. The lowest BCUT2D eigenvalue weighted by Gasteiger charge is -2.06. The van der Waals surface area contributed by atoms with E-state index in [0.717, 1.165) is 23.0 Å². The van der Waals surface area contributed by atoms with Crippen molar-refractivity contribution in [3.63, 3.8) is 0 Å². The van der Waals surface area contributed by atoms with Crippen LogP contribution in [0.5, 0.6) is 11.5 Å². The van der Waals surface area contributed by atoms with Crippen molar-refractivity contribution in [1.82, 2.24) is 4.57 Å². The van der Waals surface area contributed by atoms with E-state index in [2.05, 4.69) is 11.5 Å². The molecule has 3 aromatic carbocycles. The quantitative estimate of drug-likeness (QED) is 0.240. The van der Waals surface area contributed by atoms with Crippen molar-refractivity contribution in [3.8, 4) is 11.5 Å². The van der Waals surface area contributed by atoms with Crippen LogP contribution >= 0.6 is 0 Å². The summed E-state index contributed by atoms with van der Waals surface area (Å²) >= 11 is 0. The molecule has 0 radical (unpaired) electrons. The Hall–Kier alpha value is -4.19. The Morgan fingerprint density at radius 1 is 1.09 bits per heavy atom. The molecule has 1 aliphatic rings. The average molecular weight is 427 g/mol. The largest absolute Gasteiger partial charge is 0.452 e. The van der Waals surface area contributed by atoms with E-state index in [-0.39, 0.29) is 22.9 Å².